The first-order valence-corrected chi connectivity index (χ1v) is 7.84. The summed E-state index contributed by atoms with van der Waals surface area (Å²) in [5.74, 6) is 0.659. The molecule has 0 fully saturated rings. The van der Waals surface area contributed by atoms with E-state index in [1.165, 1.54) is 0 Å². The number of hydrogen-bond acceptors (Lipinski definition) is 4. The van der Waals surface area contributed by atoms with Crippen molar-refractivity contribution in [3.8, 4) is 10.7 Å². The molecule has 5 nitrogen and oxygen atoms in total. The maximum Gasteiger partial charge on any atom is 0.243 e. The number of thiophene rings is 1. The Morgan fingerprint density at radius 2 is 2.35 bits per heavy atom. The van der Waals surface area contributed by atoms with Crippen molar-refractivity contribution in [1.82, 2.24) is 20.1 Å². The lowest BCUT2D eigenvalue weighted by molar-refractivity contribution is -0.124. The van der Waals surface area contributed by atoms with Gasteiger partial charge in [0.25, 0.3) is 0 Å². The van der Waals surface area contributed by atoms with Gasteiger partial charge in [0.15, 0.2) is 10.6 Å². The number of carbonyl (C=O) groups excluding carboxylic acids is 1. The normalized spacial score (nSPS) is 13.9. The molecule has 0 saturated carbocycles. The molecule has 2 N–H and O–H groups in total. The average Bonchev–Trinajstić information content (AvgIpc) is 3.06. The smallest absolute Gasteiger partial charge is 0.243 e. The second-order valence-corrected chi connectivity index (χ2v) is 6.03. The van der Waals surface area contributed by atoms with E-state index in [4.69, 9.17) is 12.2 Å². The number of carbonyl (C=O) groups is 1. The molecule has 0 bridgehead atoms. The molecule has 2 rings (SSSR count). The van der Waals surface area contributed by atoms with Crippen molar-refractivity contribution in [2.45, 2.75) is 39.3 Å². The Kier molecular flexibility index (Phi) is 4.72. The third kappa shape index (κ3) is 2.99. The number of hydrogen-bond donors (Lipinski definition) is 2. The van der Waals surface area contributed by atoms with Gasteiger partial charge in [-0.3, -0.25) is 14.5 Å². The van der Waals surface area contributed by atoms with Crippen LogP contribution in [0.25, 0.3) is 10.7 Å². The van der Waals surface area contributed by atoms with Crippen LogP contribution in [0.15, 0.2) is 17.5 Å². The number of rotatable bonds is 5. The second kappa shape index (κ2) is 6.32. The molecule has 2 aromatic heterocycles. The second-order valence-electron chi connectivity index (χ2n) is 4.69. The molecule has 0 aliphatic carbocycles. The van der Waals surface area contributed by atoms with E-state index in [9.17, 15) is 4.79 Å². The zero-order valence-electron chi connectivity index (χ0n) is 11.7. The summed E-state index contributed by atoms with van der Waals surface area (Å²) in [6.45, 7) is 5.86. The summed E-state index contributed by atoms with van der Waals surface area (Å²) in [5, 5.41) is 12.0. The first-order chi connectivity index (χ1) is 9.54. The third-order valence-electron chi connectivity index (χ3n) is 3.21. The lowest BCUT2D eigenvalue weighted by atomic mass is 10.2. The van der Waals surface area contributed by atoms with Crippen LogP contribution in [0, 0.1) is 4.77 Å². The van der Waals surface area contributed by atoms with Crippen LogP contribution < -0.4 is 5.32 Å². The fraction of sp³-hybridized carbons (Fsp3) is 0.462. The first kappa shape index (κ1) is 14.9. The van der Waals surface area contributed by atoms with Crippen molar-refractivity contribution < 1.29 is 4.79 Å². The molecule has 0 aromatic carbocycles. The van der Waals surface area contributed by atoms with Gasteiger partial charge in [0, 0.05) is 6.04 Å². The Morgan fingerprint density at radius 3 is 2.95 bits per heavy atom. The largest absolute Gasteiger partial charge is 0.352 e. The number of aromatic amines is 1. The van der Waals surface area contributed by atoms with E-state index in [0.29, 0.717) is 10.6 Å². The number of nitrogens with one attached hydrogen (secondary N) is 2. The molecule has 0 radical (unpaired) electrons. The van der Waals surface area contributed by atoms with Gasteiger partial charge < -0.3 is 5.32 Å². The van der Waals surface area contributed by atoms with E-state index < -0.39 is 6.04 Å². The van der Waals surface area contributed by atoms with Gasteiger partial charge in [-0.15, -0.1) is 11.3 Å². The minimum absolute atomic E-state index is 0.0466. The minimum Gasteiger partial charge on any atom is -0.352 e. The van der Waals surface area contributed by atoms with Crippen LogP contribution in [0.4, 0.5) is 0 Å². The van der Waals surface area contributed by atoms with E-state index in [0.717, 1.165) is 11.3 Å². The first-order valence-electron chi connectivity index (χ1n) is 6.55. The summed E-state index contributed by atoms with van der Waals surface area (Å²) in [4.78, 5) is 13.3. The highest BCUT2D eigenvalue weighted by molar-refractivity contribution is 7.71. The van der Waals surface area contributed by atoms with Crippen molar-refractivity contribution in [1.29, 1.82) is 0 Å². The lowest BCUT2D eigenvalue weighted by Gasteiger charge is -2.18. The van der Waals surface area contributed by atoms with Crippen LogP contribution >= 0.6 is 23.6 Å². The van der Waals surface area contributed by atoms with Gasteiger partial charge in [-0.2, -0.15) is 5.10 Å². The Hall–Kier alpha value is -1.47. The monoisotopic (exact) mass is 310 g/mol. The van der Waals surface area contributed by atoms with E-state index in [-0.39, 0.29) is 11.9 Å². The summed E-state index contributed by atoms with van der Waals surface area (Å²) >= 11 is 6.82. The molecule has 0 aliphatic heterocycles. The number of nitrogens with zero attached hydrogens (tertiary/aromatic N) is 2. The summed E-state index contributed by atoms with van der Waals surface area (Å²) in [6.07, 6.45) is 0.896. The number of aromatic nitrogens is 3. The molecule has 0 unspecified atom stereocenters. The highest BCUT2D eigenvalue weighted by Crippen LogP contribution is 2.25. The molecule has 0 aliphatic rings. The van der Waals surface area contributed by atoms with Gasteiger partial charge in [0.05, 0.1) is 4.88 Å². The quantitative estimate of drug-likeness (QED) is 0.834. The molecular weight excluding hydrogens is 292 g/mol. The van der Waals surface area contributed by atoms with Gasteiger partial charge in [-0.1, -0.05) is 13.0 Å². The van der Waals surface area contributed by atoms with Crippen LogP contribution in [0.3, 0.4) is 0 Å². The summed E-state index contributed by atoms with van der Waals surface area (Å²) in [7, 11) is 0. The molecule has 108 valence electrons. The summed E-state index contributed by atoms with van der Waals surface area (Å²) in [6, 6.07) is 3.67. The average molecular weight is 310 g/mol. The minimum atomic E-state index is -0.396. The molecule has 1 amide bonds. The maximum absolute atomic E-state index is 12.3. The Balaban J connectivity index is 2.31. The Morgan fingerprint density at radius 1 is 1.60 bits per heavy atom. The molecule has 0 spiro atoms. The molecule has 20 heavy (non-hydrogen) atoms. The van der Waals surface area contributed by atoms with Crippen LogP contribution in [-0.4, -0.2) is 26.7 Å². The zero-order chi connectivity index (χ0) is 14.7. The number of amides is 1. The highest BCUT2D eigenvalue weighted by atomic mass is 32.1. The van der Waals surface area contributed by atoms with Crippen molar-refractivity contribution in [3.05, 3.63) is 22.3 Å². The Bertz CT molecular complexity index is 629. The van der Waals surface area contributed by atoms with E-state index >= 15 is 0 Å². The van der Waals surface area contributed by atoms with Crippen LogP contribution in [0.2, 0.25) is 0 Å². The van der Waals surface area contributed by atoms with Gasteiger partial charge in [-0.25, -0.2) is 0 Å². The predicted octanol–water partition coefficient (Wildman–Crippen LogP) is 3.14. The molecule has 0 saturated heterocycles. The van der Waals surface area contributed by atoms with Gasteiger partial charge in [-0.05, 0) is 43.9 Å². The van der Waals surface area contributed by atoms with E-state index in [1.807, 2.05) is 38.3 Å². The molecule has 2 atom stereocenters. The standard InChI is InChI=1S/C13H18N4OS2/c1-4-8(2)14-12(18)9(3)17-11(15-16-13(17)19)10-6-5-7-20-10/h5-9H,4H2,1-3H3,(H,14,18)(H,16,19)/t8-,9+/m1/s1. The Labute approximate surface area is 127 Å². The van der Waals surface area contributed by atoms with Gasteiger partial charge in [0.2, 0.25) is 5.91 Å². The van der Waals surface area contributed by atoms with Crippen LogP contribution in [0.1, 0.15) is 33.2 Å². The summed E-state index contributed by atoms with van der Waals surface area (Å²) in [5.41, 5.74) is 0. The molecule has 2 aromatic rings. The topological polar surface area (TPSA) is 62.7 Å². The summed E-state index contributed by atoms with van der Waals surface area (Å²) < 4.78 is 2.22. The van der Waals surface area contributed by atoms with E-state index in [2.05, 4.69) is 15.5 Å². The zero-order valence-corrected chi connectivity index (χ0v) is 13.3. The lowest BCUT2D eigenvalue weighted by Crippen LogP contribution is -2.37. The highest BCUT2D eigenvalue weighted by Gasteiger charge is 2.21. The van der Waals surface area contributed by atoms with Crippen molar-refractivity contribution >= 4 is 29.5 Å². The fourth-order valence-corrected chi connectivity index (χ4v) is 2.83. The molecular formula is C13H18N4OS2. The van der Waals surface area contributed by atoms with Crippen LogP contribution in [0.5, 0.6) is 0 Å². The molecule has 2 heterocycles. The number of H-pyrrole nitrogens is 1. The molecule has 7 heteroatoms. The van der Waals surface area contributed by atoms with Gasteiger partial charge >= 0.3 is 0 Å². The third-order valence-corrected chi connectivity index (χ3v) is 4.37. The van der Waals surface area contributed by atoms with Gasteiger partial charge in [0.1, 0.15) is 6.04 Å². The van der Waals surface area contributed by atoms with Crippen LogP contribution in [-0.2, 0) is 4.79 Å². The van der Waals surface area contributed by atoms with Crippen molar-refractivity contribution in [2.75, 3.05) is 0 Å². The fourth-order valence-electron chi connectivity index (χ4n) is 1.83. The van der Waals surface area contributed by atoms with Crippen molar-refractivity contribution in [2.24, 2.45) is 0 Å². The predicted molar refractivity (Wildman–Crippen MR) is 83.3 cm³/mol. The SMILES string of the molecule is CC[C@@H](C)NC(=O)[C@H](C)n1c(-c2cccs2)n[nH]c1=S. The maximum atomic E-state index is 12.3. The van der Waals surface area contributed by atoms with E-state index in [1.54, 1.807) is 15.9 Å². The van der Waals surface area contributed by atoms with Crippen molar-refractivity contribution in [3.63, 3.8) is 0 Å².